The van der Waals surface area contributed by atoms with Crippen LogP contribution >= 0.6 is 0 Å². The summed E-state index contributed by atoms with van der Waals surface area (Å²) in [6, 6.07) is 0. The van der Waals surface area contributed by atoms with E-state index in [2.05, 4.69) is 27.7 Å². The molecule has 2 aliphatic carbocycles. The molecule has 0 bridgehead atoms. The lowest BCUT2D eigenvalue weighted by atomic mass is 9.45. The van der Waals surface area contributed by atoms with E-state index in [0.717, 1.165) is 12.3 Å². The van der Waals surface area contributed by atoms with Crippen LogP contribution < -0.4 is 0 Å². The quantitative estimate of drug-likeness (QED) is 0.609. The Morgan fingerprint density at radius 2 is 1.78 bits per heavy atom. The number of rotatable bonds is 0. The van der Waals surface area contributed by atoms with Gasteiger partial charge in [0.2, 0.25) is 0 Å². The van der Waals surface area contributed by atoms with Gasteiger partial charge < -0.3 is 4.74 Å². The van der Waals surface area contributed by atoms with Crippen LogP contribution in [-0.4, -0.2) is 11.6 Å². The fourth-order valence-electron chi connectivity index (χ4n) is 5.65. The summed E-state index contributed by atoms with van der Waals surface area (Å²) in [5, 5.41) is 0. The largest absolute Gasteiger partial charge is 0.459 e. The molecule has 1 aliphatic heterocycles. The van der Waals surface area contributed by atoms with Crippen LogP contribution in [0.4, 0.5) is 0 Å². The van der Waals surface area contributed by atoms with Gasteiger partial charge >= 0.3 is 5.97 Å². The minimum atomic E-state index is -0.171. The zero-order chi connectivity index (χ0) is 13.2. The van der Waals surface area contributed by atoms with Gasteiger partial charge in [0.15, 0.2) is 0 Å². The van der Waals surface area contributed by atoms with Gasteiger partial charge in [-0.3, -0.25) is 4.79 Å². The average molecular weight is 250 g/mol. The summed E-state index contributed by atoms with van der Waals surface area (Å²) in [6.45, 7) is 9.46. The minimum absolute atomic E-state index is 0.0350. The number of ether oxygens (including phenoxy) is 1. The monoisotopic (exact) mass is 250 g/mol. The second kappa shape index (κ2) is 3.52. The molecule has 102 valence electrons. The van der Waals surface area contributed by atoms with Crippen LogP contribution in [-0.2, 0) is 9.53 Å². The molecule has 4 atom stereocenters. The fraction of sp³-hybridized carbons (Fsp3) is 0.938. The number of carbonyl (C=O) groups is 1. The predicted octanol–water partition coefficient (Wildman–Crippen LogP) is 3.93. The lowest BCUT2D eigenvalue weighted by Gasteiger charge is -2.59. The molecule has 1 unspecified atom stereocenters. The molecule has 1 heterocycles. The van der Waals surface area contributed by atoms with Crippen molar-refractivity contribution >= 4 is 5.97 Å². The van der Waals surface area contributed by atoms with Crippen molar-refractivity contribution in [3.05, 3.63) is 0 Å². The topological polar surface area (TPSA) is 26.3 Å². The molecular formula is C16H26O2. The molecule has 0 aromatic carbocycles. The molecule has 2 saturated carbocycles. The molecule has 1 saturated heterocycles. The maximum Gasteiger partial charge on any atom is 0.306 e. The molecule has 0 N–H and O–H groups in total. The zero-order valence-electron chi connectivity index (χ0n) is 12.2. The second-order valence-corrected chi connectivity index (χ2v) is 7.98. The van der Waals surface area contributed by atoms with Crippen LogP contribution in [0.25, 0.3) is 0 Å². The van der Waals surface area contributed by atoms with Crippen LogP contribution in [0.2, 0.25) is 0 Å². The normalized spacial score (nSPS) is 50.3. The van der Waals surface area contributed by atoms with Gasteiger partial charge in [-0.05, 0) is 49.4 Å². The predicted molar refractivity (Wildman–Crippen MR) is 71.1 cm³/mol. The maximum atomic E-state index is 11.8. The molecule has 3 rings (SSSR count). The van der Waals surface area contributed by atoms with Crippen LogP contribution in [0, 0.1) is 22.7 Å². The van der Waals surface area contributed by atoms with E-state index in [4.69, 9.17) is 4.74 Å². The third-order valence-corrected chi connectivity index (χ3v) is 6.46. The average Bonchev–Trinajstić information content (AvgIpc) is 2.53. The van der Waals surface area contributed by atoms with E-state index < -0.39 is 0 Å². The molecule has 2 heteroatoms. The first-order valence-corrected chi connectivity index (χ1v) is 7.50. The van der Waals surface area contributed by atoms with Crippen LogP contribution in [0.15, 0.2) is 0 Å². The second-order valence-electron chi connectivity index (χ2n) is 7.98. The molecule has 0 radical (unpaired) electrons. The Labute approximate surface area is 110 Å². The van der Waals surface area contributed by atoms with Crippen molar-refractivity contribution in [1.29, 1.82) is 0 Å². The smallest absolute Gasteiger partial charge is 0.306 e. The highest BCUT2D eigenvalue weighted by Gasteiger charge is 2.62. The van der Waals surface area contributed by atoms with Gasteiger partial charge in [0.05, 0.1) is 6.42 Å². The summed E-state index contributed by atoms with van der Waals surface area (Å²) >= 11 is 0. The van der Waals surface area contributed by atoms with E-state index in [1.807, 2.05) is 0 Å². The minimum Gasteiger partial charge on any atom is -0.459 e. The van der Waals surface area contributed by atoms with Crippen molar-refractivity contribution in [1.82, 2.24) is 0 Å². The standard InChI is InChI=1S/C16H26O2/c1-14(2)7-5-8-15(3)11(14)6-9-16(4)12(15)10-13(17)18-16/h11-12H,5-10H2,1-4H3/t11?,12-,15-,16+/m0/s1. The Balaban J connectivity index is 2.00. The highest BCUT2D eigenvalue weighted by molar-refractivity contribution is 5.73. The van der Waals surface area contributed by atoms with Crippen molar-refractivity contribution in [3.63, 3.8) is 0 Å². The Morgan fingerprint density at radius 1 is 1.06 bits per heavy atom. The lowest BCUT2D eigenvalue weighted by Crippen LogP contribution is -2.55. The number of hydrogen-bond donors (Lipinski definition) is 0. The van der Waals surface area contributed by atoms with Gasteiger partial charge in [0, 0.05) is 5.92 Å². The van der Waals surface area contributed by atoms with Crippen molar-refractivity contribution in [3.8, 4) is 0 Å². The highest BCUT2D eigenvalue weighted by atomic mass is 16.6. The zero-order valence-corrected chi connectivity index (χ0v) is 12.2. The first-order valence-electron chi connectivity index (χ1n) is 7.50. The van der Waals surface area contributed by atoms with E-state index in [0.29, 0.717) is 23.2 Å². The summed E-state index contributed by atoms with van der Waals surface area (Å²) in [5.41, 5.74) is 0.566. The highest BCUT2D eigenvalue weighted by Crippen LogP contribution is 2.64. The third kappa shape index (κ3) is 1.50. The summed E-state index contributed by atoms with van der Waals surface area (Å²) < 4.78 is 5.70. The van der Waals surface area contributed by atoms with Crippen molar-refractivity contribution in [2.24, 2.45) is 22.7 Å². The molecule has 0 amide bonds. The Bertz CT molecular complexity index is 387. The van der Waals surface area contributed by atoms with E-state index >= 15 is 0 Å². The van der Waals surface area contributed by atoms with Crippen molar-refractivity contribution < 1.29 is 9.53 Å². The van der Waals surface area contributed by atoms with Gasteiger partial charge in [-0.2, -0.15) is 0 Å². The Morgan fingerprint density at radius 3 is 2.50 bits per heavy atom. The fourth-order valence-corrected chi connectivity index (χ4v) is 5.65. The van der Waals surface area contributed by atoms with Crippen molar-refractivity contribution in [2.75, 3.05) is 0 Å². The third-order valence-electron chi connectivity index (χ3n) is 6.46. The maximum absolute atomic E-state index is 11.8. The Hall–Kier alpha value is -0.530. The van der Waals surface area contributed by atoms with Crippen LogP contribution in [0.3, 0.4) is 0 Å². The molecule has 3 fully saturated rings. The number of fused-ring (bicyclic) bond motifs is 3. The molecule has 2 nitrogen and oxygen atoms in total. The molecule has 18 heavy (non-hydrogen) atoms. The summed E-state index contributed by atoms with van der Waals surface area (Å²) in [5.74, 6) is 1.23. The van der Waals surface area contributed by atoms with Crippen LogP contribution in [0.1, 0.15) is 66.2 Å². The summed E-state index contributed by atoms with van der Waals surface area (Å²) in [7, 11) is 0. The van der Waals surface area contributed by atoms with E-state index in [1.165, 1.54) is 25.7 Å². The molecular weight excluding hydrogens is 224 g/mol. The number of hydrogen-bond acceptors (Lipinski definition) is 2. The molecule has 0 spiro atoms. The van der Waals surface area contributed by atoms with Gasteiger partial charge in [0.1, 0.15) is 5.60 Å². The van der Waals surface area contributed by atoms with Gasteiger partial charge in [0.25, 0.3) is 0 Å². The number of esters is 1. The molecule has 0 aromatic rings. The molecule has 0 aromatic heterocycles. The lowest BCUT2D eigenvalue weighted by molar-refractivity contribution is -0.164. The SMILES string of the molecule is CC1(C)CCC[C@@]2(C)C1CC[C@@]1(C)OC(=O)C[C@H]12. The van der Waals surface area contributed by atoms with Gasteiger partial charge in [-0.15, -0.1) is 0 Å². The molecule has 3 aliphatic rings. The van der Waals surface area contributed by atoms with Gasteiger partial charge in [-0.25, -0.2) is 0 Å². The Kier molecular flexibility index (Phi) is 2.44. The van der Waals surface area contributed by atoms with E-state index in [9.17, 15) is 4.79 Å². The van der Waals surface area contributed by atoms with E-state index in [1.54, 1.807) is 0 Å². The van der Waals surface area contributed by atoms with Crippen molar-refractivity contribution in [2.45, 2.75) is 71.8 Å². The van der Waals surface area contributed by atoms with E-state index in [-0.39, 0.29) is 11.6 Å². The number of carbonyl (C=O) groups excluding carboxylic acids is 1. The van der Waals surface area contributed by atoms with Crippen LogP contribution in [0.5, 0.6) is 0 Å². The summed E-state index contributed by atoms with van der Waals surface area (Å²) in [4.78, 5) is 11.8. The first-order chi connectivity index (χ1) is 8.28. The summed E-state index contributed by atoms with van der Waals surface area (Å²) in [6.07, 6.45) is 6.86. The van der Waals surface area contributed by atoms with Gasteiger partial charge in [-0.1, -0.05) is 27.2 Å². The first kappa shape index (κ1) is 12.5.